The molecule has 1 aliphatic carbocycles. The molecule has 4 N–H and O–H groups in total. The number of fused-ring (bicyclic) bond motifs is 1. The van der Waals surface area contributed by atoms with Crippen LogP contribution in [0.1, 0.15) is 42.9 Å². The van der Waals surface area contributed by atoms with Gasteiger partial charge in [-0.15, -0.1) is 5.53 Å². The van der Waals surface area contributed by atoms with E-state index in [2.05, 4.69) is 62.9 Å². The molecule has 0 saturated heterocycles. The largest absolute Gasteiger partial charge is 0.380 e. The van der Waals surface area contributed by atoms with Crippen LogP contribution < -0.4 is 21.6 Å². The van der Waals surface area contributed by atoms with E-state index in [0.717, 1.165) is 48.0 Å². The van der Waals surface area contributed by atoms with E-state index in [1.165, 1.54) is 17.7 Å². The minimum atomic E-state index is -0.769. The molecule has 4 aromatic rings. The maximum atomic E-state index is 13.9. The van der Waals surface area contributed by atoms with Crippen molar-refractivity contribution in [2.45, 2.75) is 50.1 Å². The molecule has 0 bridgehead atoms. The smallest absolute Gasteiger partial charge is 0.148 e. The highest BCUT2D eigenvalue weighted by Gasteiger charge is 2.38. The number of benzene rings is 3. The Morgan fingerprint density at radius 3 is 2.64 bits per heavy atom. The van der Waals surface area contributed by atoms with Gasteiger partial charge >= 0.3 is 0 Å². The maximum absolute atomic E-state index is 13.9. The molecule has 0 spiro atoms. The quantitative estimate of drug-likeness (QED) is 0.183. The van der Waals surface area contributed by atoms with Crippen LogP contribution in [0, 0.1) is 17.1 Å². The van der Waals surface area contributed by atoms with Crippen molar-refractivity contribution < 1.29 is 4.39 Å². The van der Waals surface area contributed by atoms with Gasteiger partial charge in [0.1, 0.15) is 19.7 Å². The molecule has 212 valence electrons. The summed E-state index contributed by atoms with van der Waals surface area (Å²) in [6.45, 7) is 2.13. The van der Waals surface area contributed by atoms with Crippen LogP contribution in [0.25, 0.3) is 10.9 Å². The predicted molar refractivity (Wildman–Crippen MR) is 169 cm³/mol. The van der Waals surface area contributed by atoms with Crippen molar-refractivity contribution in [1.29, 1.82) is 5.26 Å². The number of nitrogens with zero attached hydrogens (tertiary/aromatic N) is 3. The number of rotatable bonds is 10. The predicted octanol–water partition coefficient (Wildman–Crippen LogP) is 5.56. The summed E-state index contributed by atoms with van der Waals surface area (Å²) in [7, 11) is 2.05. The Bertz CT molecular complexity index is 1670. The van der Waals surface area contributed by atoms with Crippen molar-refractivity contribution in [3.8, 4) is 6.07 Å². The summed E-state index contributed by atoms with van der Waals surface area (Å²) >= 11 is 6.84. The molecule has 2 atom stereocenters. The third-order valence-corrected chi connectivity index (χ3v) is 8.38. The molecule has 0 amide bonds. The molecule has 1 saturated carbocycles. The highest BCUT2D eigenvalue weighted by Crippen LogP contribution is 2.38. The number of hydrogen-bond donors (Lipinski definition) is 4. The molecule has 3 aromatic carbocycles. The van der Waals surface area contributed by atoms with Crippen LogP contribution in [0.5, 0.6) is 0 Å². The maximum Gasteiger partial charge on any atom is 0.148 e. The van der Waals surface area contributed by atoms with Crippen LogP contribution in [0.4, 0.5) is 15.8 Å². The van der Waals surface area contributed by atoms with Gasteiger partial charge in [0.2, 0.25) is 0 Å². The molecular formula is C32H32BClFN7. The van der Waals surface area contributed by atoms with Crippen LogP contribution in [0.2, 0.25) is 5.02 Å². The summed E-state index contributed by atoms with van der Waals surface area (Å²) < 4.78 is 13.9. The number of hydrogen-bond acceptors (Lipinski definition) is 7. The first-order valence-corrected chi connectivity index (χ1v) is 14.6. The molecular weight excluding hydrogens is 548 g/mol. The Kier molecular flexibility index (Phi) is 7.67. The molecule has 1 fully saturated rings. The van der Waals surface area contributed by atoms with Gasteiger partial charge in [0.05, 0.1) is 32.9 Å². The van der Waals surface area contributed by atoms with Crippen molar-refractivity contribution in [3.63, 3.8) is 0 Å². The number of nitriles is 1. The fourth-order valence-corrected chi connectivity index (χ4v) is 5.74. The van der Waals surface area contributed by atoms with Crippen LogP contribution >= 0.6 is 11.6 Å². The molecule has 0 radical (unpaired) electrons. The highest BCUT2D eigenvalue weighted by atomic mass is 35.5. The van der Waals surface area contributed by atoms with E-state index in [9.17, 15) is 9.65 Å². The average Bonchev–Trinajstić information content (AvgIpc) is 3.73. The van der Waals surface area contributed by atoms with Crippen LogP contribution in [0.15, 0.2) is 84.8 Å². The van der Waals surface area contributed by atoms with Crippen molar-refractivity contribution >= 4 is 41.7 Å². The van der Waals surface area contributed by atoms with Gasteiger partial charge in [-0.25, -0.2) is 4.39 Å². The number of hydrazine groups is 2. The molecule has 7 nitrogen and oxygen atoms in total. The lowest BCUT2D eigenvalue weighted by Gasteiger charge is -2.34. The topological polar surface area (TPSA) is 88.0 Å². The molecule has 42 heavy (non-hydrogen) atoms. The summed E-state index contributed by atoms with van der Waals surface area (Å²) in [5.74, 6) is -0.298. The second-order valence-electron chi connectivity index (χ2n) is 11.1. The van der Waals surface area contributed by atoms with E-state index in [0.29, 0.717) is 27.8 Å². The van der Waals surface area contributed by atoms with E-state index < -0.39 is 5.44 Å². The van der Waals surface area contributed by atoms with E-state index in [4.69, 9.17) is 11.6 Å². The standard InChI is InChI=1S/C32H32BClFN7/c1-2-24(14-20-6-4-3-5-7-20)38-30-21(17-36)18-37-31-27(30)15-25(16-28(31)34)39-32(33,22-8-10-23(35)11-9-22)29-19-42(41-40-29)26-12-13-26/h3-11,15-16,18-19,24,26,39-41H,2,12-14,33H2,1H3,(H,37,38). The minimum absolute atomic E-state index is 0.0947. The number of anilines is 2. The van der Waals surface area contributed by atoms with Crippen LogP contribution in [-0.4, -0.2) is 29.9 Å². The van der Waals surface area contributed by atoms with Crippen LogP contribution in [0.3, 0.4) is 0 Å². The van der Waals surface area contributed by atoms with Gasteiger partial charge in [-0.1, -0.05) is 61.0 Å². The second kappa shape index (κ2) is 11.6. The fraction of sp³-hybridized carbons (Fsp3) is 0.250. The number of halogens is 2. The van der Waals surface area contributed by atoms with Gasteiger partial charge in [0.25, 0.3) is 0 Å². The summed E-state index contributed by atoms with van der Waals surface area (Å²) in [5, 5.41) is 20.6. The number of nitrogens with one attached hydrogen (secondary N) is 4. The summed E-state index contributed by atoms with van der Waals surface area (Å²) in [5.41, 5.74) is 11.3. The summed E-state index contributed by atoms with van der Waals surface area (Å²) in [6, 6.07) is 23.5. The van der Waals surface area contributed by atoms with Gasteiger partial charge in [-0.2, -0.15) is 5.26 Å². The fourth-order valence-electron chi connectivity index (χ4n) is 5.47. The molecule has 10 heteroatoms. The molecule has 6 rings (SSSR count). The average molecular weight is 580 g/mol. The van der Waals surface area contributed by atoms with Crippen molar-refractivity contribution in [2.24, 2.45) is 0 Å². The minimum Gasteiger partial charge on any atom is -0.380 e. The third kappa shape index (κ3) is 5.60. The molecule has 1 aromatic heterocycles. The third-order valence-electron chi connectivity index (χ3n) is 8.09. The zero-order valence-corrected chi connectivity index (χ0v) is 24.3. The second-order valence-corrected chi connectivity index (χ2v) is 11.5. The monoisotopic (exact) mass is 579 g/mol. The zero-order chi connectivity index (χ0) is 29.3. The Morgan fingerprint density at radius 2 is 1.95 bits per heavy atom. The lowest BCUT2D eigenvalue weighted by atomic mass is 9.69. The lowest BCUT2D eigenvalue weighted by molar-refractivity contribution is 0.260. The molecule has 2 aliphatic rings. The van der Waals surface area contributed by atoms with Crippen molar-refractivity contribution in [1.82, 2.24) is 21.0 Å². The number of aromatic nitrogens is 1. The SMILES string of the molecule is BC(Nc1cc(Cl)c2ncc(C#N)c(NC(CC)Cc3ccccc3)c2c1)(C1=CN(C2CC2)NN1)c1ccc(F)cc1. The Balaban J connectivity index is 1.40. The first-order chi connectivity index (χ1) is 20.4. The summed E-state index contributed by atoms with van der Waals surface area (Å²) in [6.07, 6.45) is 7.58. The van der Waals surface area contributed by atoms with E-state index in [1.54, 1.807) is 18.3 Å². The van der Waals surface area contributed by atoms with Crippen molar-refractivity contribution in [3.05, 3.63) is 112 Å². The van der Waals surface area contributed by atoms with Crippen LogP contribution in [-0.2, 0) is 11.9 Å². The lowest BCUT2D eigenvalue weighted by Crippen LogP contribution is -2.45. The first kappa shape index (κ1) is 27.9. The van der Waals surface area contributed by atoms with Crippen molar-refractivity contribution in [2.75, 3.05) is 10.6 Å². The van der Waals surface area contributed by atoms with Gasteiger partial charge in [-0.3, -0.25) is 9.99 Å². The Labute approximate surface area is 251 Å². The normalized spacial score (nSPS) is 16.7. The van der Waals surface area contributed by atoms with E-state index in [1.807, 2.05) is 38.2 Å². The molecule has 2 heterocycles. The first-order valence-electron chi connectivity index (χ1n) is 14.3. The van der Waals surface area contributed by atoms with E-state index >= 15 is 0 Å². The van der Waals surface area contributed by atoms with Gasteiger partial charge in [0.15, 0.2) is 0 Å². The zero-order valence-electron chi connectivity index (χ0n) is 23.6. The molecule has 1 aliphatic heterocycles. The van der Waals surface area contributed by atoms with E-state index in [-0.39, 0.29) is 11.9 Å². The Hall–Kier alpha value is -4.26. The molecule has 2 unspecified atom stereocenters. The number of pyridine rings is 1. The van der Waals surface area contributed by atoms with Gasteiger partial charge in [0, 0.05) is 35.6 Å². The summed E-state index contributed by atoms with van der Waals surface area (Å²) in [4.78, 5) is 4.54. The van der Waals surface area contributed by atoms with Gasteiger partial charge in [-0.05, 0) is 61.1 Å². The van der Waals surface area contributed by atoms with Gasteiger partial charge < -0.3 is 16.1 Å². The highest BCUT2D eigenvalue weighted by molar-refractivity contribution is 6.36. The Morgan fingerprint density at radius 1 is 1.19 bits per heavy atom.